The number of amides is 1. The molecule has 0 fully saturated rings. The number of aliphatic carboxylic acids is 1. The summed E-state index contributed by atoms with van der Waals surface area (Å²) in [6, 6.07) is 17.4. The minimum absolute atomic E-state index is 0.222. The van der Waals surface area contributed by atoms with Gasteiger partial charge in [-0.25, -0.2) is 9.59 Å². The van der Waals surface area contributed by atoms with Crippen LogP contribution in [-0.2, 0) is 25.2 Å². The van der Waals surface area contributed by atoms with Crippen molar-refractivity contribution in [3.63, 3.8) is 0 Å². The third-order valence-corrected chi connectivity index (χ3v) is 7.87. The number of fused-ring (bicyclic) bond motifs is 3. The van der Waals surface area contributed by atoms with Crippen LogP contribution in [0.15, 0.2) is 72.8 Å². The number of rotatable bonds is 11. The molecule has 0 saturated carbocycles. The van der Waals surface area contributed by atoms with Crippen molar-refractivity contribution in [3.8, 4) is 11.1 Å². The number of ether oxygens (including phenoxy) is 1. The Hall–Kier alpha value is -4.19. The lowest BCUT2D eigenvalue weighted by atomic mass is 9.98. The van der Waals surface area contributed by atoms with Gasteiger partial charge in [0, 0.05) is 12.0 Å². The number of nitrogens with zero attached hydrogens (tertiary/aromatic N) is 1. The highest BCUT2D eigenvalue weighted by molar-refractivity contribution is 7.54. The van der Waals surface area contributed by atoms with Gasteiger partial charge in [-0.3, -0.25) is 19.2 Å². The zero-order valence-corrected chi connectivity index (χ0v) is 21.5. The Morgan fingerprint density at radius 3 is 2.15 bits per heavy atom. The first-order valence-electron chi connectivity index (χ1n) is 11.8. The van der Waals surface area contributed by atoms with Gasteiger partial charge in [0.2, 0.25) is 0 Å². The van der Waals surface area contributed by atoms with Crippen molar-refractivity contribution >= 4 is 25.3 Å². The number of carbonyl (C=O) groups is 2. The number of alkyl halides is 2. The van der Waals surface area contributed by atoms with E-state index in [1.54, 1.807) is 5.32 Å². The second-order valence-corrected chi connectivity index (χ2v) is 10.9. The van der Waals surface area contributed by atoms with Crippen LogP contribution in [0.25, 0.3) is 11.1 Å². The SMILES string of the molecule is O=C(N[C@@H](CC(F)(F)P(=O)(O)OCc1ccccc1[N+](=O)[O-])C(=O)O)OCC1c2ccccc2-c2ccccc21. The largest absolute Gasteiger partial charge is 0.480 e. The van der Waals surface area contributed by atoms with Gasteiger partial charge in [-0.1, -0.05) is 60.7 Å². The molecule has 0 aliphatic heterocycles. The summed E-state index contributed by atoms with van der Waals surface area (Å²) in [5.74, 6) is -2.29. The topological polar surface area (TPSA) is 165 Å². The van der Waals surface area contributed by atoms with E-state index in [4.69, 9.17) is 4.74 Å². The van der Waals surface area contributed by atoms with Gasteiger partial charge in [-0.15, -0.1) is 0 Å². The second-order valence-electron chi connectivity index (χ2n) is 8.91. The molecule has 1 unspecified atom stereocenters. The van der Waals surface area contributed by atoms with Crippen LogP contribution in [0.3, 0.4) is 0 Å². The number of carbonyl (C=O) groups excluding carboxylic acids is 1. The molecule has 0 saturated heterocycles. The molecule has 1 aliphatic rings. The van der Waals surface area contributed by atoms with Crippen molar-refractivity contribution in [2.24, 2.45) is 0 Å². The minimum Gasteiger partial charge on any atom is -0.480 e. The summed E-state index contributed by atoms with van der Waals surface area (Å²) >= 11 is 0. The lowest BCUT2D eigenvalue weighted by Gasteiger charge is -2.25. The molecule has 3 aromatic rings. The van der Waals surface area contributed by atoms with Crippen molar-refractivity contribution in [3.05, 3.63) is 99.6 Å². The highest BCUT2D eigenvalue weighted by Gasteiger charge is 2.54. The fourth-order valence-corrected chi connectivity index (χ4v) is 5.32. The number of alkyl carbamates (subject to hydrolysis) is 1. The summed E-state index contributed by atoms with van der Waals surface area (Å²) in [4.78, 5) is 44.2. The van der Waals surface area contributed by atoms with Crippen LogP contribution in [0.5, 0.6) is 0 Å². The van der Waals surface area contributed by atoms with E-state index in [9.17, 15) is 43.0 Å². The Kier molecular flexibility index (Phi) is 8.29. The van der Waals surface area contributed by atoms with Crippen molar-refractivity contribution in [1.82, 2.24) is 5.32 Å². The van der Waals surface area contributed by atoms with Crippen LogP contribution in [0.2, 0.25) is 0 Å². The first-order chi connectivity index (χ1) is 18.9. The van der Waals surface area contributed by atoms with Crippen molar-refractivity contribution < 1.29 is 47.1 Å². The minimum atomic E-state index is -5.87. The van der Waals surface area contributed by atoms with E-state index >= 15 is 0 Å². The molecule has 40 heavy (non-hydrogen) atoms. The molecular weight excluding hydrogens is 553 g/mol. The van der Waals surface area contributed by atoms with Crippen LogP contribution in [-0.4, -0.2) is 45.3 Å². The van der Waals surface area contributed by atoms with Crippen LogP contribution < -0.4 is 5.32 Å². The molecule has 14 heteroatoms. The number of nitro benzene ring substituents is 1. The van der Waals surface area contributed by atoms with Gasteiger partial charge in [0.05, 0.1) is 23.5 Å². The third kappa shape index (κ3) is 6.01. The zero-order chi connectivity index (χ0) is 29.1. The average Bonchev–Trinajstić information content (AvgIpc) is 3.24. The van der Waals surface area contributed by atoms with Crippen LogP contribution >= 0.6 is 7.60 Å². The molecule has 0 radical (unpaired) electrons. The molecule has 0 heterocycles. The Bertz CT molecular complexity index is 1450. The lowest BCUT2D eigenvalue weighted by molar-refractivity contribution is -0.385. The predicted molar refractivity (Wildman–Crippen MR) is 137 cm³/mol. The normalized spacial score (nSPS) is 14.9. The first kappa shape index (κ1) is 28.8. The van der Waals surface area contributed by atoms with Gasteiger partial charge in [0.1, 0.15) is 12.6 Å². The van der Waals surface area contributed by atoms with Crippen LogP contribution in [0.1, 0.15) is 29.0 Å². The van der Waals surface area contributed by atoms with Gasteiger partial charge < -0.3 is 20.1 Å². The van der Waals surface area contributed by atoms with Crippen LogP contribution in [0.4, 0.5) is 19.3 Å². The fraction of sp³-hybridized carbons (Fsp3) is 0.231. The van der Waals surface area contributed by atoms with Crippen LogP contribution in [0, 0.1) is 10.1 Å². The maximum Gasteiger partial charge on any atom is 0.407 e. The smallest absolute Gasteiger partial charge is 0.407 e. The number of nitro groups is 1. The Balaban J connectivity index is 1.40. The van der Waals surface area contributed by atoms with Gasteiger partial charge >= 0.3 is 25.3 Å². The summed E-state index contributed by atoms with van der Waals surface area (Å²) in [6.45, 7) is -1.24. The number of nitrogens with one attached hydrogen (secondary N) is 1. The first-order valence-corrected chi connectivity index (χ1v) is 13.4. The highest BCUT2D eigenvalue weighted by atomic mass is 31.2. The maximum absolute atomic E-state index is 14.8. The molecular formula is C26H23F2N2O9P. The Morgan fingerprint density at radius 2 is 1.57 bits per heavy atom. The number of carboxylic acid groups (broad SMARTS) is 1. The Labute approximate surface area is 226 Å². The zero-order valence-electron chi connectivity index (χ0n) is 20.6. The van der Waals surface area contributed by atoms with E-state index in [0.29, 0.717) is 0 Å². The number of hydrogen-bond donors (Lipinski definition) is 3. The van der Waals surface area contributed by atoms with Gasteiger partial charge in [-0.05, 0) is 28.3 Å². The highest BCUT2D eigenvalue weighted by Crippen LogP contribution is 2.60. The van der Waals surface area contributed by atoms with E-state index in [0.717, 1.165) is 34.4 Å². The van der Waals surface area contributed by atoms with E-state index in [2.05, 4.69) is 4.52 Å². The number of halogens is 2. The molecule has 210 valence electrons. The molecule has 1 amide bonds. The standard InChI is InChI=1S/C26H23F2N2O9P/c27-26(28,40(36,37)39-14-16-7-1-6-12-23(16)30(34)35)13-22(24(31)32)29-25(33)38-15-21-19-10-4-2-8-17(19)18-9-3-5-11-20(18)21/h1-12,21-22H,13-15H2,(H,29,33)(H,31,32)(H,36,37)/t22-/m0/s1. The molecule has 11 nitrogen and oxygen atoms in total. The molecule has 1 aliphatic carbocycles. The van der Waals surface area contributed by atoms with Gasteiger partial charge in [0.15, 0.2) is 0 Å². The molecule has 4 rings (SSSR count). The lowest BCUT2D eigenvalue weighted by Crippen LogP contribution is -2.45. The van der Waals surface area contributed by atoms with E-state index < -0.39 is 55.0 Å². The number of benzene rings is 3. The predicted octanol–water partition coefficient (Wildman–Crippen LogP) is 5.27. The van der Waals surface area contributed by atoms with Gasteiger partial charge in [0.25, 0.3) is 5.69 Å². The molecule has 3 N–H and O–H groups in total. The number of hydrogen-bond acceptors (Lipinski definition) is 7. The molecule has 0 spiro atoms. The summed E-state index contributed by atoms with van der Waals surface area (Å²) in [6.07, 6.45) is -3.13. The van der Waals surface area contributed by atoms with Gasteiger partial charge in [-0.2, -0.15) is 8.78 Å². The summed E-state index contributed by atoms with van der Waals surface area (Å²) < 4.78 is 51.5. The number of para-hydroxylation sites is 1. The quantitative estimate of drug-likeness (QED) is 0.157. The van der Waals surface area contributed by atoms with Crippen molar-refractivity contribution in [2.45, 2.75) is 30.7 Å². The molecule has 0 bridgehead atoms. The molecule has 3 aromatic carbocycles. The van der Waals surface area contributed by atoms with E-state index in [1.165, 1.54) is 12.1 Å². The van der Waals surface area contributed by atoms with Crippen molar-refractivity contribution in [1.29, 1.82) is 0 Å². The molecule has 0 aromatic heterocycles. The van der Waals surface area contributed by atoms with Crippen molar-refractivity contribution in [2.75, 3.05) is 6.61 Å². The van der Waals surface area contributed by atoms with E-state index in [-0.39, 0.29) is 18.1 Å². The third-order valence-electron chi connectivity index (χ3n) is 6.38. The maximum atomic E-state index is 14.8. The average molecular weight is 576 g/mol. The number of carboxylic acids is 1. The fourth-order valence-electron chi connectivity index (χ4n) is 4.41. The monoisotopic (exact) mass is 576 g/mol. The summed E-state index contributed by atoms with van der Waals surface area (Å²) in [5.41, 5.74) is -1.79. The molecule has 2 atom stereocenters. The van der Waals surface area contributed by atoms with E-state index in [1.807, 2.05) is 48.5 Å². The summed E-state index contributed by atoms with van der Waals surface area (Å²) in [5, 5.41) is 22.3. The summed E-state index contributed by atoms with van der Waals surface area (Å²) in [7, 11) is -5.87. The Morgan fingerprint density at radius 1 is 1.02 bits per heavy atom. The second kappa shape index (κ2) is 11.5.